The van der Waals surface area contributed by atoms with Crippen LogP contribution in [0.4, 0.5) is 0 Å². The smallest absolute Gasteiger partial charge is 0.310 e. The van der Waals surface area contributed by atoms with Gasteiger partial charge in [0.25, 0.3) is 0 Å². The number of hydrogen-bond acceptors (Lipinski definition) is 3. The molecule has 0 saturated carbocycles. The van der Waals surface area contributed by atoms with Crippen molar-refractivity contribution in [1.82, 2.24) is 0 Å². The van der Waals surface area contributed by atoms with E-state index in [1.165, 1.54) is 6.92 Å². The SMILES string of the molecule is C[C@@H](O)C(CN)C(=O)O. The second kappa shape index (κ2) is 3.42. The molecule has 54 valence electrons. The Kier molecular flexibility index (Phi) is 3.19. The summed E-state index contributed by atoms with van der Waals surface area (Å²) < 4.78 is 0. The molecule has 0 aliphatic heterocycles. The second-order valence-corrected chi connectivity index (χ2v) is 1.92. The van der Waals surface area contributed by atoms with Crippen LogP contribution in [0, 0.1) is 5.92 Å². The number of hydrogen-bond donors (Lipinski definition) is 3. The molecule has 2 atom stereocenters. The maximum atomic E-state index is 10.1. The van der Waals surface area contributed by atoms with Gasteiger partial charge in [0.15, 0.2) is 0 Å². The van der Waals surface area contributed by atoms with Gasteiger partial charge in [0.2, 0.25) is 0 Å². The van der Waals surface area contributed by atoms with Crippen molar-refractivity contribution in [1.29, 1.82) is 0 Å². The minimum atomic E-state index is -1.05. The molecule has 4 nitrogen and oxygen atoms in total. The third-order valence-electron chi connectivity index (χ3n) is 1.15. The third-order valence-corrected chi connectivity index (χ3v) is 1.15. The van der Waals surface area contributed by atoms with E-state index >= 15 is 0 Å². The average molecular weight is 133 g/mol. The number of carboxylic acids is 1. The molecule has 9 heavy (non-hydrogen) atoms. The van der Waals surface area contributed by atoms with Crippen LogP contribution in [0.25, 0.3) is 0 Å². The Balaban J connectivity index is 3.83. The quantitative estimate of drug-likeness (QED) is 0.462. The summed E-state index contributed by atoms with van der Waals surface area (Å²) in [6, 6.07) is 0. The predicted molar refractivity (Wildman–Crippen MR) is 31.9 cm³/mol. The molecular formula is C5H11NO3. The van der Waals surface area contributed by atoms with E-state index in [1.54, 1.807) is 0 Å². The molecule has 0 fully saturated rings. The highest BCUT2D eigenvalue weighted by molar-refractivity contribution is 5.70. The van der Waals surface area contributed by atoms with Gasteiger partial charge in [-0.15, -0.1) is 0 Å². The second-order valence-electron chi connectivity index (χ2n) is 1.92. The minimum Gasteiger partial charge on any atom is -0.481 e. The van der Waals surface area contributed by atoms with Crippen LogP contribution in [0.1, 0.15) is 6.92 Å². The first-order valence-corrected chi connectivity index (χ1v) is 2.70. The Bertz CT molecular complexity index is 102. The number of aliphatic hydroxyl groups excluding tert-OH is 1. The molecule has 0 aliphatic rings. The first kappa shape index (κ1) is 8.39. The predicted octanol–water partition coefficient (Wildman–Crippen LogP) is -0.973. The van der Waals surface area contributed by atoms with Crippen LogP contribution >= 0.6 is 0 Å². The summed E-state index contributed by atoms with van der Waals surface area (Å²) in [5, 5.41) is 17.0. The maximum absolute atomic E-state index is 10.1. The lowest BCUT2D eigenvalue weighted by Crippen LogP contribution is -2.32. The van der Waals surface area contributed by atoms with Crippen LogP contribution in [0.5, 0.6) is 0 Å². The zero-order valence-corrected chi connectivity index (χ0v) is 5.24. The molecule has 0 amide bonds. The fourth-order valence-electron chi connectivity index (χ4n) is 0.504. The molecule has 1 unspecified atom stereocenters. The average Bonchev–Trinajstić information content (AvgIpc) is 1.64. The fourth-order valence-corrected chi connectivity index (χ4v) is 0.504. The fraction of sp³-hybridized carbons (Fsp3) is 0.800. The number of nitrogens with two attached hydrogens (primary N) is 1. The molecule has 0 aliphatic carbocycles. The maximum Gasteiger partial charge on any atom is 0.310 e. The summed E-state index contributed by atoms with van der Waals surface area (Å²) in [5.41, 5.74) is 5.03. The highest BCUT2D eigenvalue weighted by Crippen LogP contribution is 1.99. The lowest BCUT2D eigenvalue weighted by Gasteiger charge is -2.11. The van der Waals surface area contributed by atoms with E-state index in [0.29, 0.717) is 0 Å². The molecule has 0 heterocycles. The molecule has 0 radical (unpaired) electrons. The Hall–Kier alpha value is -0.610. The van der Waals surface area contributed by atoms with E-state index in [2.05, 4.69) is 0 Å². The lowest BCUT2D eigenvalue weighted by atomic mass is 10.1. The Labute approximate surface area is 53.3 Å². The van der Waals surface area contributed by atoms with Gasteiger partial charge in [-0.05, 0) is 6.92 Å². The van der Waals surface area contributed by atoms with Crippen molar-refractivity contribution >= 4 is 5.97 Å². The van der Waals surface area contributed by atoms with E-state index in [4.69, 9.17) is 15.9 Å². The molecule has 0 aromatic heterocycles. The third kappa shape index (κ3) is 2.43. The largest absolute Gasteiger partial charge is 0.481 e. The minimum absolute atomic E-state index is 0.0208. The van der Waals surface area contributed by atoms with Crippen LogP contribution in [-0.2, 0) is 4.79 Å². The van der Waals surface area contributed by atoms with Crippen LogP contribution in [0.3, 0.4) is 0 Å². The molecule has 4 heteroatoms. The number of carbonyl (C=O) groups is 1. The highest BCUT2D eigenvalue weighted by atomic mass is 16.4. The molecular weight excluding hydrogens is 122 g/mol. The van der Waals surface area contributed by atoms with Crippen LogP contribution in [0.15, 0.2) is 0 Å². The van der Waals surface area contributed by atoms with E-state index in [9.17, 15) is 4.79 Å². The molecule has 0 aromatic carbocycles. The zero-order chi connectivity index (χ0) is 7.44. The lowest BCUT2D eigenvalue weighted by molar-refractivity contribution is -0.144. The Morgan fingerprint density at radius 2 is 2.22 bits per heavy atom. The van der Waals surface area contributed by atoms with Gasteiger partial charge in [0.05, 0.1) is 12.0 Å². The topological polar surface area (TPSA) is 83.5 Å². The van der Waals surface area contributed by atoms with Gasteiger partial charge in [-0.2, -0.15) is 0 Å². The van der Waals surface area contributed by atoms with Gasteiger partial charge in [-0.1, -0.05) is 0 Å². The highest BCUT2D eigenvalue weighted by Gasteiger charge is 2.20. The molecule has 0 aromatic rings. The van der Waals surface area contributed by atoms with E-state index in [-0.39, 0.29) is 6.54 Å². The standard InChI is InChI=1S/C5H11NO3/c1-3(7)4(2-6)5(8)9/h3-4,7H,2,6H2,1H3,(H,8,9)/t3-,4?/m1/s1. The molecule has 0 rings (SSSR count). The van der Waals surface area contributed by atoms with E-state index in [1.807, 2.05) is 0 Å². The zero-order valence-electron chi connectivity index (χ0n) is 5.24. The van der Waals surface area contributed by atoms with E-state index < -0.39 is 18.0 Å². The van der Waals surface area contributed by atoms with E-state index in [0.717, 1.165) is 0 Å². The number of aliphatic carboxylic acids is 1. The summed E-state index contributed by atoms with van der Waals surface area (Å²) in [6.07, 6.45) is -0.868. The van der Waals surface area contributed by atoms with Crippen LogP contribution < -0.4 is 5.73 Å². The number of aliphatic hydroxyl groups is 1. The number of carboxylic acid groups (broad SMARTS) is 1. The van der Waals surface area contributed by atoms with Gasteiger partial charge in [0.1, 0.15) is 0 Å². The Morgan fingerprint density at radius 1 is 1.78 bits per heavy atom. The van der Waals surface area contributed by atoms with Gasteiger partial charge in [0, 0.05) is 6.54 Å². The first-order chi connectivity index (χ1) is 4.09. The van der Waals surface area contributed by atoms with Crippen molar-refractivity contribution in [2.24, 2.45) is 11.7 Å². The van der Waals surface area contributed by atoms with Crippen molar-refractivity contribution < 1.29 is 15.0 Å². The van der Waals surface area contributed by atoms with Crippen molar-refractivity contribution in [2.75, 3.05) is 6.54 Å². The molecule has 0 saturated heterocycles. The summed E-state index contributed by atoms with van der Waals surface area (Å²) >= 11 is 0. The Morgan fingerprint density at radius 3 is 2.22 bits per heavy atom. The van der Waals surface area contributed by atoms with Crippen LogP contribution in [0.2, 0.25) is 0 Å². The van der Waals surface area contributed by atoms with Crippen molar-refractivity contribution in [2.45, 2.75) is 13.0 Å². The normalized spacial score (nSPS) is 16.8. The van der Waals surface area contributed by atoms with Gasteiger partial charge in [-0.3, -0.25) is 4.79 Å². The van der Waals surface area contributed by atoms with Gasteiger partial charge < -0.3 is 15.9 Å². The summed E-state index contributed by atoms with van der Waals surface area (Å²) in [4.78, 5) is 10.1. The van der Waals surface area contributed by atoms with Crippen molar-refractivity contribution in [3.05, 3.63) is 0 Å². The summed E-state index contributed by atoms with van der Waals surface area (Å²) in [6.45, 7) is 1.39. The van der Waals surface area contributed by atoms with Gasteiger partial charge in [-0.25, -0.2) is 0 Å². The van der Waals surface area contributed by atoms with Crippen molar-refractivity contribution in [3.8, 4) is 0 Å². The van der Waals surface area contributed by atoms with Gasteiger partial charge >= 0.3 is 5.97 Å². The monoisotopic (exact) mass is 133 g/mol. The van der Waals surface area contributed by atoms with Crippen molar-refractivity contribution in [3.63, 3.8) is 0 Å². The molecule has 0 bridgehead atoms. The number of rotatable bonds is 3. The summed E-state index contributed by atoms with van der Waals surface area (Å²) in [5.74, 6) is -1.88. The molecule has 4 N–H and O–H groups in total. The molecule has 0 spiro atoms. The first-order valence-electron chi connectivity index (χ1n) is 2.70. The van der Waals surface area contributed by atoms with Crippen LogP contribution in [-0.4, -0.2) is 28.8 Å². The summed E-state index contributed by atoms with van der Waals surface area (Å²) in [7, 11) is 0.